The standard InChI is InChI=1S/C15H14N2O4/c1-2-21-15(20)11-5-3-4-6-12(11)17-14(19)10-7-8-16-13(18)9-10/h3-9H,2H2,1H3,(H,16,18)(H,17,19). The lowest BCUT2D eigenvalue weighted by Gasteiger charge is -2.10. The third-order valence-corrected chi connectivity index (χ3v) is 2.71. The number of hydrogen-bond acceptors (Lipinski definition) is 4. The van der Waals surface area contributed by atoms with E-state index in [0.717, 1.165) is 0 Å². The number of para-hydroxylation sites is 1. The average Bonchev–Trinajstić information content (AvgIpc) is 2.48. The van der Waals surface area contributed by atoms with Crippen molar-refractivity contribution < 1.29 is 14.3 Å². The Hall–Kier alpha value is -2.89. The van der Waals surface area contributed by atoms with Gasteiger partial charge in [0.15, 0.2) is 0 Å². The molecular weight excluding hydrogens is 272 g/mol. The Kier molecular flexibility index (Phi) is 4.50. The molecule has 0 aliphatic rings. The van der Waals surface area contributed by atoms with Gasteiger partial charge in [0, 0.05) is 17.8 Å². The van der Waals surface area contributed by atoms with Crippen molar-refractivity contribution in [2.45, 2.75) is 6.92 Å². The Balaban J connectivity index is 2.25. The SMILES string of the molecule is CCOC(=O)c1ccccc1NC(=O)c1cc[nH]c(=O)c1. The highest BCUT2D eigenvalue weighted by atomic mass is 16.5. The third-order valence-electron chi connectivity index (χ3n) is 2.71. The number of nitrogens with one attached hydrogen (secondary N) is 2. The maximum atomic E-state index is 12.1. The first-order valence-corrected chi connectivity index (χ1v) is 6.38. The number of anilines is 1. The zero-order valence-electron chi connectivity index (χ0n) is 11.4. The van der Waals surface area contributed by atoms with Crippen molar-refractivity contribution in [3.63, 3.8) is 0 Å². The van der Waals surface area contributed by atoms with Gasteiger partial charge in [0.1, 0.15) is 0 Å². The van der Waals surface area contributed by atoms with Crippen LogP contribution in [0, 0.1) is 0 Å². The van der Waals surface area contributed by atoms with E-state index in [1.54, 1.807) is 31.2 Å². The summed E-state index contributed by atoms with van der Waals surface area (Å²) in [7, 11) is 0. The van der Waals surface area contributed by atoms with Crippen molar-refractivity contribution in [1.29, 1.82) is 0 Å². The first-order chi connectivity index (χ1) is 10.1. The molecule has 1 amide bonds. The number of hydrogen-bond donors (Lipinski definition) is 2. The molecule has 2 rings (SSSR count). The quantitative estimate of drug-likeness (QED) is 0.839. The predicted octanol–water partition coefficient (Wildman–Crippen LogP) is 1.80. The second-order valence-corrected chi connectivity index (χ2v) is 4.16. The van der Waals surface area contributed by atoms with Gasteiger partial charge in [0.25, 0.3) is 5.91 Å². The van der Waals surface area contributed by atoms with Crippen molar-refractivity contribution in [3.8, 4) is 0 Å². The van der Waals surface area contributed by atoms with E-state index in [-0.39, 0.29) is 23.3 Å². The predicted molar refractivity (Wildman–Crippen MR) is 77.4 cm³/mol. The van der Waals surface area contributed by atoms with Crippen LogP contribution < -0.4 is 10.9 Å². The Morgan fingerprint density at radius 2 is 2.00 bits per heavy atom. The lowest BCUT2D eigenvalue weighted by atomic mass is 10.1. The molecule has 6 heteroatoms. The molecule has 1 heterocycles. The Labute approximate surface area is 120 Å². The fraction of sp³-hybridized carbons (Fsp3) is 0.133. The van der Waals surface area contributed by atoms with Gasteiger partial charge in [0.2, 0.25) is 5.56 Å². The lowest BCUT2D eigenvalue weighted by Crippen LogP contribution is -2.18. The highest BCUT2D eigenvalue weighted by Gasteiger charge is 2.14. The van der Waals surface area contributed by atoms with Crippen molar-refractivity contribution in [3.05, 3.63) is 64.1 Å². The van der Waals surface area contributed by atoms with Crippen molar-refractivity contribution in [2.75, 3.05) is 11.9 Å². The van der Waals surface area contributed by atoms with Gasteiger partial charge < -0.3 is 15.0 Å². The third kappa shape index (κ3) is 3.56. The van der Waals surface area contributed by atoms with Gasteiger partial charge in [-0.2, -0.15) is 0 Å². The zero-order chi connectivity index (χ0) is 15.2. The molecule has 1 aromatic carbocycles. The van der Waals surface area contributed by atoms with Crippen LogP contribution in [0.3, 0.4) is 0 Å². The summed E-state index contributed by atoms with van der Waals surface area (Å²) in [5, 5.41) is 2.60. The molecular formula is C15H14N2O4. The number of carbonyl (C=O) groups excluding carboxylic acids is 2. The molecule has 0 saturated heterocycles. The van der Waals surface area contributed by atoms with E-state index in [9.17, 15) is 14.4 Å². The summed E-state index contributed by atoms with van der Waals surface area (Å²) >= 11 is 0. The van der Waals surface area contributed by atoms with Crippen LogP contribution in [0.15, 0.2) is 47.4 Å². The normalized spacial score (nSPS) is 9.95. The molecule has 0 atom stereocenters. The number of amides is 1. The van der Waals surface area contributed by atoms with Crippen LogP contribution >= 0.6 is 0 Å². The molecule has 0 saturated carbocycles. The summed E-state index contributed by atoms with van der Waals surface area (Å²) in [4.78, 5) is 37.5. The second-order valence-electron chi connectivity index (χ2n) is 4.16. The Bertz CT molecular complexity index is 721. The van der Waals surface area contributed by atoms with E-state index < -0.39 is 11.9 Å². The largest absolute Gasteiger partial charge is 0.462 e. The first-order valence-electron chi connectivity index (χ1n) is 6.38. The molecule has 0 bridgehead atoms. The second kappa shape index (κ2) is 6.51. The molecule has 6 nitrogen and oxygen atoms in total. The number of carbonyl (C=O) groups is 2. The molecule has 0 aliphatic carbocycles. The van der Waals surface area contributed by atoms with Gasteiger partial charge >= 0.3 is 5.97 Å². The van der Waals surface area contributed by atoms with Crippen LogP contribution in [0.4, 0.5) is 5.69 Å². The van der Waals surface area contributed by atoms with E-state index in [4.69, 9.17) is 4.74 Å². The number of aromatic amines is 1. The van der Waals surface area contributed by atoms with E-state index >= 15 is 0 Å². The van der Waals surface area contributed by atoms with Gasteiger partial charge in [-0.3, -0.25) is 9.59 Å². The summed E-state index contributed by atoms with van der Waals surface area (Å²) in [5.74, 6) is -0.989. The number of rotatable bonds is 4. The molecule has 1 aromatic heterocycles. The first kappa shape index (κ1) is 14.5. The van der Waals surface area contributed by atoms with Crippen molar-refractivity contribution >= 4 is 17.6 Å². The number of pyridine rings is 1. The maximum Gasteiger partial charge on any atom is 0.340 e. The number of aromatic nitrogens is 1. The summed E-state index contributed by atoms with van der Waals surface area (Å²) in [5.41, 5.74) is 0.428. The Morgan fingerprint density at radius 1 is 1.24 bits per heavy atom. The van der Waals surface area contributed by atoms with Crippen LogP contribution in [0.2, 0.25) is 0 Å². The van der Waals surface area contributed by atoms with E-state index in [1.165, 1.54) is 18.3 Å². The molecule has 0 aliphatic heterocycles. The van der Waals surface area contributed by atoms with Gasteiger partial charge in [-0.05, 0) is 25.1 Å². The fourth-order valence-corrected chi connectivity index (χ4v) is 1.76. The van der Waals surface area contributed by atoms with Gasteiger partial charge in [0.05, 0.1) is 17.9 Å². The summed E-state index contributed by atoms with van der Waals surface area (Å²) in [6.07, 6.45) is 1.38. The lowest BCUT2D eigenvalue weighted by molar-refractivity contribution is 0.0527. The van der Waals surface area contributed by atoms with Crippen molar-refractivity contribution in [2.24, 2.45) is 0 Å². The van der Waals surface area contributed by atoms with E-state index in [1.807, 2.05) is 0 Å². The smallest absolute Gasteiger partial charge is 0.340 e. The number of ether oxygens (including phenoxy) is 1. The minimum absolute atomic E-state index is 0.206. The monoisotopic (exact) mass is 286 g/mol. The maximum absolute atomic E-state index is 12.1. The molecule has 0 unspecified atom stereocenters. The molecule has 108 valence electrons. The molecule has 2 aromatic rings. The summed E-state index contributed by atoms with van der Waals surface area (Å²) in [6, 6.07) is 9.18. The van der Waals surface area contributed by atoms with Crippen LogP contribution in [-0.4, -0.2) is 23.5 Å². The van der Waals surface area contributed by atoms with Crippen LogP contribution in [0.25, 0.3) is 0 Å². The number of benzene rings is 1. The summed E-state index contributed by atoms with van der Waals surface area (Å²) < 4.78 is 4.93. The van der Waals surface area contributed by atoms with Crippen LogP contribution in [0.1, 0.15) is 27.6 Å². The minimum Gasteiger partial charge on any atom is -0.462 e. The minimum atomic E-state index is -0.515. The van der Waals surface area contributed by atoms with Crippen LogP contribution in [-0.2, 0) is 4.74 Å². The number of H-pyrrole nitrogens is 1. The van der Waals surface area contributed by atoms with E-state index in [0.29, 0.717) is 5.69 Å². The van der Waals surface area contributed by atoms with Gasteiger partial charge in [-0.25, -0.2) is 4.79 Å². The van der Waals surface area contributed by atoms with Crippen LogP contribution in [0.5, 0.6) is 0 Å². The highest BCUT2D eigenvalue weighted by molar-refractivity contribution is 6.07. The van der Waals surface area contributed by atoms with Gasteiger partial charge in [-0.1, -0.05) is 12.1 Å². The molecule has 0 fully saturated rings. The van der Waals surface area contributed by atoms with Crippen molar-refractivity contribution in [1.82, 2.24) is 4.98 Å². The highest BCUT2D eigenvalue weighted by Crippen LogP contribution is 2.17. The molecule has 2 N–H and O–H groups in total. The average molecular weight is 286 g/mol. The molecule has 0 radical (unpaired) electrons. The topological polar surface area (TPSA) is 88.3 Å². The fourth-order valence-electron chi connectivity index (χ4n) is 1.76. The van der Waals surface area contributed by atoms with E-state index in [2.05, 4.69) is 10.3 Å². The Morgan fingerprint density at radius 3 is 2.71 bits per heavy atom. The zero-order valence-corrected chi connectivity index (χ0v) is 11.4. The summed E-state index contributed by atoms with van der Waals surface area (Å²) in [6.45, 7) is 1.95. The number of esters is 1. The molecule has 0 spiro atoms. The van der Waals surface area contributed by atoms with Gasteiger partial charge in [-0.15, -0.1) is 0 Å². The molecule has 21 heavy (non-hydrogen) atoms.